The maximum absolute atomic E-state index is 5.61. The minimum absolute atomic E-state index is 0.229. The molecule has 2 N–H and O–H groups in total. The van der Waals surface area contributed by atoms with Gasteiger partial charge in [0.1, 0.15) is 5.82 Å². The highest BCUT2D eigenvalue weighted by atomic mass is 16.5. The first-order valence-corrected chi connectivity index (χ1v) is 9.76. The molecule has 3 heterocycles. The van der Waals surface area contributed by atoms with Crippen LogP contribution in [0.25, 0.3) is 0 Å². The van der Waals surface area contributed by atoms with Gasteiger partial charge in [-0.05, 0) is 30.5 Å². The molecule has 0 radical (unpaired) electrons. The Hall–Kier alpha value is -2.61. The molecule has 2 aromatic heterocycles. The Morgan fingerprint density at radius 1 is 1.32 bits per heavy atom. The second kappa shape index (κ2) is 9.54. The summed E-state index contributed by atoms with van der Waals surface area (Å²) in [5.74, 6) is 2.84. The molecule has 8 heteroatoms. The Morgan fingerprint density at radius 2 is 2.14 bits per heavy atom. The summed E-state index contributed by atoms with van der Waals surface area (Å²) in [5, 5.41) is 10.7. The van der Waals surface area contributed by atoms with Crippen LogP contribution >= 0.6 is 0 Å². The number of guanidine groups is 1. The van der Waals surface area contributed by atoms with E-state index in [1.807, 2.05) is 18.3 Å². The molecule has 1 unspecified atom stereocenters. The van der Waals surface area contributed by atoms with Gasteiger partial charge in [-0.3, -0.25) is 4.99 Å². The average molecular weight is 387 g/mol. The third-order valence-electron chi connectivity index (χ3n) is 4.66. The van der Waals surface area contributed by atoms with E-state index in [0.29, 0.717) is 25.0 Å². The Balaban J connectivity index is 1.52. The monoisotopic (exact) mass is 386 g/mol. The first-order chi connectivity index (χ1) is 13.5. The summed E-state index contributed by atoms with van der Waals surface area (Å²) in [4.78, 5) is 11.1. The number of anilines is 1. The van der Waals surface area contributed by atoms with Gasteiger partial charge in [0.15, 0.2) is 11.7 Å². The first kappa shape index (κ1) is 20.1. The molecule has 1 fully saturated rings. The summed E-state index contributed by atoms with van der Waals surface area (Å²) in [5.41, 5.74) is 2.11. The molecule has 2 aromatic rings. The van der Waals surface area contributed by atoms with Gasteiger partial charge in [0.2, 0.25) is 0 Å². The summed E-state index contributed by atoms with van der Waals surface area (Å²) in [7, 11) is 1.75. The molecular weight excluding hydrogens is 356 g/mol. The predicted molar refractivity (Wildman–Crippen MR) is 109 cm³/mol. The van der Waals surface area contributed by atoms with Crippen LogP contribution in [0.5, 0.6) is 0 Å². The fraction of sp³-hybridized carbons (Fsp3) is 0.550. The van der Waals surface area contributed by atoms with E-state index in [1.165, 1.54) is 0 Å². The smallest absolute Gasteiger partial charge is 0.191 e. The van der Waals surface area contributed by atoms with Crippen LogP contribution in [-0.4, -0.2) is 48.9 Å². The van der Waals surface area contributed by atoms with Crippen LogP contribution in [0, 0.1) is 0 Å². The molecule has 1 saturated heterocycles. The second-order valence-corrected chi connectivity index (χ2v) is 7.30. The Labute approximate surface area is 166 Å². The van der Waals surface area contributed by atoms with Gasteiger partial charge < -0.3 is 24.8 Å². The lowest BCUT2D eigenvalue weighted by Gasteiger charge is -2.32. The number of pyridine rings is 1. The van der Waals surface area contributed by atoms with E-state index < -0.39 is 0 Å². The van der Waals surface area contributed by atoms with Gasteiger partial charge in [-0.2, -0.15) is 0 Å². The standard InChI is InChI=1S/C20H30N6O2/c1-14(2)18-10-17(28-25-18)12-24-20(21-4)23-11-16-5-6-22-19(9-16)26-7-8-27-15(3)13-26/h5-6,9-10,14-15H,7-8,11-13H2,1-4H3,(H2,21,23,24). The van der Waals surface area contributed by atoms with Gasteiger partial charge in [0, 0.05) is 38.9 Å². The van der Waals surface area contributed by atoms with E-state index in [9.17, 15) is 0 Å². The number of ether oxygens (including phenoxy) is 1. The fourth-order valence-corrected chi connectivity index (χ4v) is 3.03. The highest BCUT2D eigenvalue weighted by Gasteiger charge is 2.18. The van der Waals surface area contributed by atoms with Crippen molar-refractivity contribution in [2.75, 3.05) is 31.6 Å². The van der Waals surface area contributed by atoms with Crippen molar-refractivity contribution < 1.29 is 9.26 Å². The summed E-state index contributed by atoms with van der Waals surface area (Å²) in [6.45, 7) is 9.94. The van der Waals surface area contributed by atoms with Gasteiger partial charge in [0.05, 0.1) is 24.9 Å². The summed E-state index contributed by atoms with van der Waals surface area (Å²) < 4.78 is 11.0. The molecule has 8 nitrogen and oxygen atoms in total. The number of aliphatic imine (C=N–C) groups is 1. The van der Waals surface area contributed by atoms with Gasteiger partial charge in [0.25, 0.3) is 0 Å². The number of aromatic nitrogens is 2. The molecule has 0 bridgehead atoms. The van der Waals surface area contributed by atoms with Crippen molar-refractivity contribution >= 4 is 11.8 Å². The van der Waals surface area contributed by atoms with Crippen molar-refractivity contribution in [1.82, 2.24) is 20.8 Å². The molecule has 0 aliphatic carbocycles. The molecule has 0 spiro atoms. The van der Waals surface area contributed by atoms with Crippen LogP contribution in [0.3, 0.4) is 0 Å². The maximum atomic E-state index is 5.61. The highest BCUT2D eigenvalue weighted by Crippen LogP contribution is 2.16. The van der Waals surface area contributed by atoms with Gasteiger partial charge in [-0.25, -0.2) is 4.98 Å². The van der Waals surface area contributed by atoms with Gasteiger partial charge in [-0.1, -0.05) is 19.0 Å². The van der Waals surface area contributed by atoms with E-state index in [0.717, 1.165) is 42.5 Å². The molecule has 0 saturated carbocycles. The van der Waals surface area contributed by atoms with Crippen LogP contribution in [0.1, 0.15) is 43.7 Å². The number of nitrogens with one attached hydrogen (secondary N) is 2. The molecule has 1 atom stereocenters. The zero-order chi connectivity index (χ0) is 19.9. The summed E-state index contributed by atoms with van der Waals surface area (Å²) >= 11 is 0. The summed E-state index contributed by atoms with van der Waals surface area (Å²) in [6, 6.07) is 6.10. The third kappa shape index (κ3) is 5.45. The number of nitrogens with zero attached hydrogens (tertiary/aromatic N) is 4. The molecular formula is C20H30N6O2. The van der Waals surface area contributed by atoms with E-state index >= 15 is 0 Å². The first-order valence-electron chi connectivity index (χ1n) is 9.76. The number of rotatable bonds is 6. The van der Waals surface area contributed by atoms with Crippen molar-refractivity contribution in [1.29, 1.82) is 0 Å². The number of morpholine rings is 1. The van der Waals surface area contributed by atoms with E-state index in [4.69, 9.17) is 9.26 Å². The minimum atomic E-state index is 0.229. The van der Waals surface area contributed by atoms with Crippen molar-refractivity contribution in [2.24, 2.45) is 4.99 Å². The Morgan fingerprint density at radius 3 is 2.86 bits per heavy atom. The topological polar surface area (TPSA) is 87.8 Å². The Kier molecular flexibility index (Phi) is 6.86. The largest absolute Gasteiger partial charge is 0.375 e. The van der Waals surface area contributed by atoms with Crippen LogP contribution in [0.15, 0.2) is 33.9 Å². The van der Waals surface area contributed by atoms with Crippen LogP contribution < -0.4 is 15.5 Å². The Bertz CT molecular complexity index is 789. The number of hydrogen-bond donors (Lipinski definition) is 2. The van der Waals surface area contributed by atoms with Crippen LogP contribution in [-0.2, 0) is 17.8 Å². The van der Waals surface area contributed by atoms with Gasteiger partial charge >= 0.3 is 0 Å². The molecule has 1 aliphatic rings. The SMILES string of the molecule is CN=C(NCc1ccnc(N2CCOC(C)C2)c1)NCc1cc(C(C)C)no1. The third-order valence-corrected chi connectivity index (χ3v) is 4.66. The van der Waals surface area contributed by atoms with Crippen molar-refractivity contribution in [2.45, 2.75) is 45.9 Å². The molecule has 3 rings (SSSR count). The lowest BCUT2D eigenvalue weighted by Crippen LogP contribution is -2.41. The quantitative estimate of drug-likeness (QED) is 0.582. The summed E-state index contributed by atoms with van der Waals surface area (Å²) in [6.07, 6.45) is 2.08. The minimum Gasteiger partial charge on any atom is -0.375 e. The fourth-order valence-electron chi connectivity index (χ4n) is 3.03. The van der Waals surface area contributed by atoms with Gasteiger partial charge in [-0.15, -0.1) is 0 Å². The van der Waals surface area contributed by atoms with E-state index in [2.05, 4.69) is 57.5 Å². The van der Waals surface area contributed by atoms with E-state index in [1.54, 1.807) is 7.05 Å². The van der Waals surface area contributed by atoms with Crippen LogP contribution in [0.2, 0.25) is 0 Å². The van der Waals surface area contributed by atoms with Crippen molar-refractivity contribution in [3.63, 3.8) is 0 Å². The molecule has 1 aliphatic heterocycles. The molecule has 0 amide bonds. The highest BCUT2D eigenvalue weighted by molar-refractivity contribution is 5.79. The second-order valence-electron chi connectivity index (χ2n) is 7.30. The average Bonchev–Trinajstić information content (AvgIpc) is 3.18. The zero-order valence-corrected chi connectivity index (χ0v) is 17.1. The predicted octanol–water partition coefficient (Wildman–Crippen LogP) is 2.28. The zero-order valence-electron chi connectivity index (χ0n) is 17.1. The normalized spacial score (nSPS) is 17.8. The van der Waals surface area contributed by atoms with Crippen LogP contribution in [0.4, 0.5) is 5.82 Å². The number of hydrogen-bond acceptors (Lipinski definition) is 6. The lowest BCUT2D eigenvalue weighted by atomic mass is 10.1. The van der Waals surface area contributed by atoms with Crippen molar-refractivity contribution in [3.8, 4) is 0 Å². The molecule has 28 heavy (non-hydrogen) atoms. The van der Waals surface area contributed by atoms with E-state index in [-0.39, 0.29) is 6.10 Å². The molecule has 152 valence electrons. The maximum Gasteiger partial charge on any atom is 0.191 e. The lowest BCUT2D eigenvalue weighted by molar-refractivity contribution is 0.0529. The molecule has 0 aromatic carbocycles. The van der Waals surface area contributed by atoms with Crippen molar-refractivity contribution in [3.05, 3.63) is 41.4 Å².